The summed E-state index contributed by atoms with van der Waals surface area (Å²) in [5.74, 6) is -0.228. The van der Waals surface area contributed by atoms with Gasteiger partial charge in [0.25, 0.3) is 0 Å². The number of carbonyl (C=O) groups is 2. The zero-order valence-corrected chi connectivity index (χ0v) is 10.1. The summed E-state index contributed by atoms with van der Waals surface area (Å²) >= 11 is 0. The highest BCUT2D eigenvalue weighted by molar-refractivity contribution is 6.46. The van der Waals surface area contributed by atoms with Crippen molar-refractivity contribution in [1.82, 2.24) is 0 Å². The van der Waals surface area contributed by atoms with Crippen molar-refractivity contribution in [3.63, 3.8) is 0 Å². The van der Waals surface area contributed by atoms with E-state index in [1.165, 1.54) is 12.2 Å². The zero-order valence-electron chi connectivity index (χ0n) is 10.1. The number of nitrogens with zero attached hydrogens (tertiary/aromatic N) is 1. The molecular formula is C15H11NO3. The molecule has 0 atom stereocenters. The molecule has 1 aromatic rings. The Hall–Kier alpha value is -2.49. The van der Waals surface area contributed by atoms with E-state index in [9.17, 15) is 9.59 Å². The second-order valence-electron chi connectivity index (χ2n) is 4.53. The highest BCUT2D eigenvalue weighted by Gasteiger charge is 2.38. The van der Waals surface area contributed by atoms with Gasteiger partial charge in [-0.15, -0.1) is 0 Å². The first-order valence-electron chi connectivity index (χ1n) is 5.96. The van der Waals surface area contributed by atoms with E-state index in [4.69, 9.17) is 4.84 Å². The van der Waals surface area contributed by atoms with Crippen LogP contribution in [0.5, 0.6) is 0 Å². The number of oxime groups is 1. The zero-order chi connectivity index (χ0) is 13.3. The van der Waals surface area contributed by atoms with Crippen LogP contribution in [0.15, 0.2) is 59.8 Å². The van der Waals surface area contributed by atoms with Gasteiger partial charge in [0.05, 0.1) is 0 Å². The van der Waals surface area contributed by atoms with Gasteiger partial charge in [-0.05, 0) is 24.3 Å². The number of Topliss-reactive ketones (excluding diaryl/α,β-unsaturated/α-hetero) is 1. The number of hydrogen-bond donors (Lipinski definition) is 0. The number of rotatable bonds is 2. The van der Waals surface area contributed by atoms with Crippen LogP contribution in [-0.2, 0) is 9.63 Å². The summed E-state index contributed by atoms with van der Waals surface area (Å²) in [6.07, 6.45) is 6.51. The first-order chi connectivity index (χ1) is 9.19. The summed E-state index contributed by atoms with van der Waals surface area (Å²) < 4.78 is 0. The Bertz CT molecular complexity index is 610. The van der Waals surface area contributed by atoms with Gasteiger partial charge in [-0.1, -0.05) is 35.5 Å². The maximum absolute atomic E-state index is 12.2. The van der Waals surface area contributed by atoms with Crippen molar-refractivity contribution < 1.29 is 14.4 Å². The Morgan fingerprint density at radius 3 is 2.53 bits per heavy atom. The summed E-state index contributed by atoms with van der Waals surface area (Å²) in [5, 5.41) is 3.87. The fourth-order valence-electron chi connectivity index (χ4n) is 2.08. The highest BCUT2D eigenvalue weighted by Crippen LogP contribution is 2.30. The van der Waals surface area contributed by atoms with E-state index >= 15 is 0 Å². The Balaban J connectivity index is 1.80. The third kappa shape index (κ3) is 2.12. The molecule has 0 saturated heterocycles. The second-order valence-corrected chi connectivity index (χ2v) is 4.53. The molecule has 1 spiro atoms. The van der Waals surface area contributed by atoms with Gasteiger partial charge >= 0.3 is 0 Å². The smallest absolute Gasteiger partial charge is 0.210 e. The molecule has 19 heavy (non-hydrogen) atoms. The number of hydrogen-bond acceptors (Lipinski definition) is 4. The number of ketones is 2. The molecule has 4 nitrogen and oxygen atoms in total. The van der Waals surface area contributed by atoms with Crippen LogP contribution in [0.3, 0.4) is 0 Å². The van der Waals surface area contributed by atoms with Crippen molar-refractivity contribution >= 4 is 17.3 Å². The molecule has 0 aromatic heterocycles. The van der Waals surface area contributed by atoms with Crippen LogP contribution >= 0.6 is 0 Å². The van der Waals surface area contributed by atoms with Crippen molar-refractivity contribution in [2.75, 3.05) is 0 Å². The molecule has 0 N–H and O–H groups in total. The normalized spacial score (nSPS) is 19.4. The largest absolute Gasteiger partial charge is 0.380 e. The average molecular weight is 253 g/mol. The minimum atomic E-state index is -0.770. The van der Waals surface area contributed by atoms with Crippen molar-refractivity contribution in [2.24, 2.45) is 5.16 Å². The minimum absolute atomic E-state index is 0.0861. The number of allylic oxidation sites excluding steroid dienone is 2. The minimum Gasteiger partial charge on any atom is -0.380 e. The molecule has 1 aliphatic heterocycles. The molecule has 4 heteroatoms. The van der Waals surface area contributed by atoms with E-state index in [1.54, 1.807) is 36.4 Å². The lowest BCUT2D eigenvalue weighted by Gasteiger charge is -2.19. The average Bonchev–Trinajstić information content (AvgIpc) is 2.87. The topological polar surface area (TPSA) is 55.7 Å². The van der Waals surface area contributed by atoms with Gasteiger partial charge in [0.2, 0.25) is 5.78 Å². The summed E-state index contributed by atoms with van der Waals surface area (Å²) in [5.41, 5.74) is 0.185. The Morgan fingerprint density at radius 1 is 1.16 bits per heavy atom. The van der Waals surface area contributed by atoms with E-state index in [1.807, 2.05) is 6.07 Å². The molecular weight excluding hydrogens is 242 g/mol. The summed E-state index contributed by atoms with van der Waals surface area (Å²) in [4.78, 5) is 28.6. The van der Waals surface area contributed by atoms with Crippen LogP contribution in [0.2, 0.25) is 0 Å². The molecule has 0 saturated carbocycles. The van der Waals surface area contributed by atoms with Gasteiger partial charge in [0, 0.05) is 12.0 Å². The SMILES string of the molecule is O=C1C=CC2(C=C1)CC(C(=O)c1ccccc1)=NO2. The maximum atomic E-state index is 12.2. The van der Waals surface area contributed by atoms with Crippen LogP contribution in [-0.4, -0.2) is 22.9 Å². The number of benzene rings is 1. The second kappa shape index (κ2) is 4.31. The van der Waals surface area contributed by atoms with Gasteiger partial charge in [-0.2, -0.15) is 0 Å². The van der Waals surface area contributed by atoms with Crippen molar-refractivity contribution in [3.05, 3.63) is 60.2 Å². The van der Waals surface area contributed by atoms with Crippen molar-refractivity contribution in [1.29, 1.82) is 0 Å². The van der Waals surface area contributed by atoms with Gasteiger partial charge in [-0.25, -0.2) is 0 Å². The Labute approximate surface area is 110 Å². The van der Waals surface area contributed by atoms with Gasteiger partial charge in [-0.3, -0.25) is 9.59 Å². The number of carbonyl (C=O) groups excluding carboxylic acids is 2. The van der Waals surface area contributed by atoms with Crippen molar-refractivity contribution in [3.8, 4) is 0 Å². The molecule has 94 valence electrons. The Kier molecular flexibility index (Phi) is 2.63. The van der Waals surface area contributed by atoms with E-state index in [2.05, 4.69) is 5.16 Å². The molecule has 0 amide bonds. The molecule has 0 unspecified atom stereocenters. The standard InChI is InChI=1S/C15H11NO3/c17-12-6-8-15(9-7-12)10-13(16-19-15)14(18)11-4-2-1-3-5-11/h1-9H,10H2. The quantitative estimate of drug-likeness (QED) is 0.758. The van der Waals surface area contributed by atoms with Crippen LogP contribution in [0.25, 0.3) is 0 Å². The van der Waals surface area contributed by atoms with E-state index in [0.29, 0.717) is 17.7 Å². The summed E-state index contributed by atoms with van der Waals surface area (Å²) in [6.45, 7) is 0. The predicted molar refractivity (Wildman–Crippen MR) is 69.9 cm³/mol. The van der Waals surface area contributed by atoms with Crippen LogP contribution in [0, 0.1) is 0 Å². The molecule has 2 aliphatic rings. The highest BCUT2D eigenvalue weighted by atomic mass is 16.7. The van der Waals surface area contributed by atoms with Crippen LogP contribution < -0.4 is 0 Å². The lowest BCUT2D eigenvalue weighted by molar-refractivity contribution is -0.110. The van der Waals surface area contributed by atoms with E-state index in [0.717, 1.165) is 0 Å². The molecule has 1 heterocycles. The van der Waals surface area contributed by atoms with E-state index in [-0.39, 0.29) is 11.6 Å². The molecule has 1 aliphatic carbocycles. The third-order valence-electron chi connectivity index (χ3n) is 3.13. The monoisotopic (exact) mass is 253 g/mol. The molecule has 0 bridgehead atoms. The fraction of sp³-hybridized carbons (Fsp3) is 0.133. The lowest BCUT2D eigenvalue weighted by atomic mass is 9.90. The van der Waals surface area contributed by atoms with Gasteiger partial charge in [0.15, 0.2) is 11.4 Å². The van der Waals surface area contributed by atoms with Gasteiger partial charge in [0.1, 0.15) is 5.71 Å². The summed E-state index contributed by atoms with van der Waals surface area (Å²) in [7, 11) is 0. The summed E-state index contributed by atoms with van der Waals surface area (Å²) in [6, 6.07) is 8.94. The lowest BCUT2D eigenvalue weighted by Crippen LogP contribution is -2.27. The van der Waals surface area contributed by atoms with Crippen LogP contribution in [0.1, 0.15) is 16.8 Å². The molecule has 1 aromatic carbocycles. The van der Waals surface area contributed by atoms with E-state index < -0.39 is 5.60 Å². The van der Waals surface area contributed by atoms with Crippen molar-refractivity contribution in [2.45, 2.75) is 12.0 Å². The first-order valence-corrected chi connectivity index (χ1v) is 5.96. The van der Waals surface area contributed by atoms with Gasteiger partial charge < -0.3 is 4.84 Å². The third-order valence-corrected chi connectivity index (χ3v) is 3.13. The Morgan fingerprint density at radius 2 is 1.84 bits per heavy atom. The fourth-order valence-corrected chi connectivity index (χ4v) is 2.08. The first kappa shape index (κ1) is 11.6. The maximum Gasteiger partial charge on any atom is 0.210 e. The molecule has 0 radical (unpaired) electrons. The molecule has 0 fully saturated rings. The predicted octanol–water partition coefficient (Wildman–Crippen LogP) is 2.08. The van der Waals surface area contributed by atoms with Crippen LogP contribution in [0.4, 0.5) is 0 Å². The molecule has 3 rings (SSSR count).